The van der Waals surface area contributed by atoms with Gasteiger partial charge in [-0.25, -0.2) is 9.45 Å². The summed E-state index contributed by atoms with van der Waals surface area (Å²) in [4.78, 5) is 38.5. The largest absolute Gasteiger partial charge is 0.627 e. The summed E-state index contributed by atoms with van der Waals surface area (Å²) in [6.45, 7) is 2.98. The van der Waals surface area contributed by atoms with Crippen LogP contribution in [0.1, 0.15) is 39.0 Å². The summed E-state index contributed by atoms with van der Waals surface area (Å²) in [5.41, 5.74) is 0.205. The van der Waals surface area contributed by atoms with E-state index in [4.69, 9.17) is 4.74 Å². The summed E-state index contributed by atoms with van der Waals surface area (Å²) >= 11 is 0. The molecule has 1 aromatic carbocycles. The van der Waals surface area contributed by atoms with Crippen molar-refractivity contribution in [2.75, 3.05) is 44.7 Å². The van der Waals surface area contributed by atoms with Gasteiger partial charge in [-0.1, -0.05) is 19.8 Å². The lowest BCUT2D eigenvalue weighted by Gasteiger charge is -2.44. The SMILES string of the molecule is CCCC[C@H](CN(O)C=O)C(=O)N1CCC[C@H]1C(=O)Nc1ccc([N+]2([O-])CCOCC2)c(F)c1. The molecule has 2 aliphatic heterocycles. The molecule has 2 fully saturated rings. The molecule has 10 nitrogen and oxygen atoms in total. The number of anilines is 1. The third-order valence-corrected chi connectivity index (χ3v) is 6.47. The van der Waals surface area contributed by atoms with Gasteiger partial charge < -0.3 is 24.8 Å². The number of nitrogens with zero attached hydrogens (tertiary/aromatic N) is 3. The van der Waals surface area contributed by atoms with Crippen LogP contribution in [0.25, 0.3) is 0 Å². The second-order valence-corrected chi connectivity index (χ2v) is 8.86. The van der Waals surface area contributed by atoms with Gasteiger partial charge in [-0.15, -0.1) is 0 Å². The summed E-state index contributed by atoms with van der Waals surface area (Å²) < 4.78 is 19.1. The van der Waals surface area contributed by atoms with Crippen molar-refractivity contribution >= 4 is 29.6 Å². The van der Waals surface area contributed by atoms with E-state index in [-0.39, 0.29) is 56.5 Å². The van der Waals surface area contributed by atoms with Gasteiger partial charge in [0.2, 0.25) is 18.2 Å². The minimum Gasteiger partial charge on any atom is -0.627 e. The van der Waals surface area contributed by atoms with Crippen LogP contribution >= 0.6 is 0 Å². The third-order valence-electron chi connectivity index (χ3n) is 6.47. The molecule has 0 spiro atoms. The summed E-state index contributed by atoms with van der Waals surface area (Å²) in [5, 5.41) is 25.6. The fourth-order valence-electron chi connectivity index (χ4n) is 4.57. The number of hydroxylamine groups is 4. The number of hydrogen-bond donors (Lipinski definition) is 2. The van der Waals surface area contributed by atoms with Gasteiger partial charge in [-0.3, -0.25) is 19.6 Å². The van der Waals surface area contributed by atoms with Crippen LogP contribution < -0.4 is 9.96 Å². The molecule has 0 radical (unpaired) electrons. The molecule has 3 rings (SSSR count). The molecule has 0 aliphatic carbocycles. The number of likely N-dealkylation sites (tertiary alicyclic amines) is 1. The molecule has 2 aliphatic rings. The molecule has 2 N–H and O–H groups in total. The number of unbranched alkanes of at least 4 members (excludes halogenated alkanes) is 1. The van der Waals surface area contributed by atoms with E-state index in [0.717, 1.165) is 18.9 Å². The predicted octanol–water partition coefficient (Wildman–Crippen LogP) is 2.24. The number of amides is 3. The molecule has 0 bridgehead atoms. The number of carbonyl (C=O) groups excluding carboxylic acids is 3. The van der Waals surface area contributed by atoms with Crippen LogP contribution in [0.2, 0.25) is 0 Å². The predicted molar refractivity (Wildman–Crippen MR) is 123 cm³/mol. The maximum atomic E-state index is 14.8. The molecule has 11 heteroatoms. The van der Waals surface area contributed by atoms with Crippen molar-refractivity contribution in [3.63, 3.8) is 0 Å². The minimum absolute atomic E-state index is 0.00136. The van der Waals surface area contributed by atoms with E-state index in [9.17, 15) is 29.2 Å². The molecule has 0 unspecified atom stereocenters. The van der Waals surface area contributed by atoms with Gasteiger partial charge in [0.15, 0.2) is 11.5 Å². The number of nitrogens with one attached hydrogen (secondary N) is 1. The Hall–Kier alpha value is -2.60. The van der Waals surface area contributed by atoms with Crippen molar-refractivity contribution in [2.24, 2.45) is 5.92 Å². The average molecular weight is 481 g/mol. The summed E-state index contributed by atoms with van der Waals surface area (Å²) in [5.74, 6) is -2.06. The Labute approximate surface area is 198 Å². The summed E-state index contributed by atoms with van der Waals surface area (Å²) in [6, 6.07) is 3.26. The van der Waals surface area contributed by atoms with Crippen LogP contribution in [-0.4, -0.2) is 78.8 Å². The summed E-state index contributed by atoms with van der Waals surface area (Å²) in [7, 11) is 0. The first-order valence-electron chi connectivity index (χ1n) is 11.8. The first-order chi connectivity index (χ1) is 16.3. The Morgan fingerprint density at radius 2 is 2.15 bits per heavy atom. The molecule has 188 valence electrons. The lowest BCUT2D eigenvalue weighted by atomic mass is 9.99. The van der Waals surface area contributed by atoms with Crippen LogP contribution in [0.5, 0.6) is 0 Å². The number of morpholine rings is 1. The number of ether oxygens (including phenoxy) is 1. The number of rotatable bonds is 10. The maximum Gasteiger partial charge on any atom is 0.247 e. The van der Waals surface area contributed by atoms with Gasteiger partial charge in [-0.05, 0) is 25.3 Å². The van der Waals surface area contributed by atoms with E-state index in [2.05, 4.69) is 5.32 Å². The second-order valence-electron chi connectivity index (χ2n) is 8.86. The Morgan fingerprint density at radius 1 is 1.41 bits per heavy atom. The molecular weight excluding hydrogens is 447 g/mol. The molecule has 0 saturated carbocycles. The van der Waals surface area contributed by atoms with Gasteiger partial charge in [0.1, 0.15) is 19.1 Å². The van der Waals surface area contributed by atoms with Crippen molar-refractivity contribution in [1.82, 2.24) is 14.6 Å². The van der Waals surface area contributed by atoms with Gasteiger partial charge in [0.05, 0.1) is 25.7 Å². The van der Waals surface area contributed by atoms with Gasteiger partial charge in [0, 0.05) is 24.4 Å². The average Bonchev–Trinajstić information content (AvgIpc) is 3.31. The number of benzene rings is 1. The molecule has 2 heterocycles. The molecule has 2 atom stereocenters. The molecular formula is C23H33FN4O6. The monoisotopic (exact) mass is 480 g/mol. The first-order valence-corrected chi connectivity index (χ1v) is 11.8. The first kappa shape index (κ1) is 26.0. The molecule has 3 amide bonds. The Bertz CT molecular complexity index is 879. The number of halogens is 1. The van der Waals surface area contributed by atoms with Gasteiger partial charge >= 0.3 is 0 Å². The highest BCUT2D eigenvalue weighted by atomic mass is 19.1. The highest BCUT2D eigenvalue weighted by molar-refractivity contribution is 5.98. The number of carbonyl (C=O) groups is 3. The van der Waals surface area contributed by atoms with Crippen LogP contribution in [0.3, 0.4) is 0 Å². The van der Waals surface area contributed by atoms with E-state index in [0.29, 0.717) is 30.9 Å². The quantitative estimate of drug-likeness (QED) is 0.174. The van der Waals surface area contributed by atoms with Crippen LogP contribution in [0.4, 0.5) is 15.8 Å². The highest BCUT2D eigenvalue weighted by Gasteiger charge is 2.37. The molecule has 2 saturated heterocycles. The fraction of sp³-hybridized carbons (Fsp3) is 0.609. The lowest BCUT2D eigenvalue weighted by molar-refractivity contribution is -0.157. The van der Waals surface area contributed by atoms with E-state index in [1.807, 2.05) is 6.92 Å². The maximum absolute atomic E-state index is 14.8. The standard InChI is InChI=1S/C23H33FN4O6/c1-2-3-5-17(15-26(32)16-29)23(31)27-9-4-6-20(27)22(30)25-18-7-8-21(19(24)14-18)28(33)10-12-34-13-11-28/h7-8,14,16-17,20,32H,2-6,9-13,15H2,1H3,(H,25,30)/t17-,20+/m1/s1. The Balaban J connectivity index is 1.69. The Morgan fingerprint density at radius 3 is 2.79 bits per heavy atom. The van der Waals surface area contributed by atoms with E-state index in [1.54, 1.807) is 0 Å². The normalized spacial score (nSPS) is 20.6. The number of hydrogen-bond acceptors (Lipinski definition) is 6. The number of quaternary nitrogens is 1. The van der Waals surface area contributed by atoms with Gasteiger partial charge in [0.25, 0.3) is 0 Å². The second kappa shape index (κ2) is 11.7. The smallest absolute Gasteiger partial charge is 0.247 e. The lowest BCUT2D eigenvalue weighted by Crippen LogP contribution is -2.52. The van der Waals surface area contributed by atoms with Crippen molar-refractivity contribution in [3.8, 4) is 0 Å². The zero-order chi connectivity index (χ0) is 24.7. The molecule has 34 heavy (non-hydrogen) atoms. The van der Waals surface area contributed by atoms with Gasteiger partial charge in [-0.2, -0.15) is 0 Å². The molecule has 1 aromatic rings. The van der Waals surface area contributed by atoms with E-state index in [1.165, 1.54) is 17.0 Å². The summed E-state index contributed by atoms with van der Waals surface area (Å²) in [6.07, 6.45) is 3.41. The van der Waals surface area contributed by atoms with Crippen molar-refractivity contribution in [3.05, 3.63) is 29.2 Å². The van der Waals surface area contributed by atoms with Crippen molar-refractivity contribution in [1.29, 1.82) is 0 Å². The van der Waals surface area contributed by atoms with E-state index < -0.39 is 28.3 Å². The van der Waals surface area contributed by atoms with Crippen LogP contribution in [-0.2, 0) is 19.1 Å². The third kappa shape index (κ3) is 6.09. The molecule has 0 aromatic heterocycles. The van der Waals surface area contributed by atoms with Crippen LogP contribution in [0, 0.1) is 16.9 Å². The fourth-order valence-corrected chi connectivity index (χ4v) is 4.57. The zero-order valence-electron chi connectivity index (χ0n) is 19.5. The van der Waals surface area contributed by atoms with Crippen LogP contribution in [0.15, 0.2) is 18.2 Å². The van der Waals surface area contributed by atoms with Crippen molar-refractivity contribution < 1.29 is 28.7 Å². The van der Waals surface area contributed by atoms with E-state index >= 15 is 0 Å². The topological polar surface area (TPSA) is 122 Å². The highest BCUT2D eigenvalue weighted by Crippen LogP contribution is 2.30. The minimum atomic E-state index is -0.813. The zero-order valence-corrected chi connectivity index (χ0v) is 19.5. The Kier molecular flexibility index (Phi) is 8.95. The van der Waals surface area contributed by atoms with Crippen molar-refractivity contribution in [2.45, 2.75) is 45.1 Å².